The standard InChI is InChI=1S/C12H17ClS/c1-10-5-3-4-6-12(10)9-14-11(2)7-8-13/h3-6,11H,7-9H2,1-2H3. The number of halogens is 1. The number of thioether (sulfide) groups is 1. The van der Waals surface area contributed by atoms with E-state index in [9.17, 15) is 0 Å². The van der Waals surface area contributed by atoms with Gasteiger partial charge in [-0.25, -0.2) is 0 Å². The van der Waals surface area contributed by atoms with Gasteiger partial charge in [-0.2, -0.15) is 11.8 Å². The molecular weight excluding hydrogens is 212 g/mol. The highest BCUT2D eigenvalue weighted by molar-refractivity contribution is 7.99. The predicted octanol–water partition coefficient (Wildman–Crippen LogP) is 4.25. The molecule has 2 heteroatoms. The van der Waals surface area contributed by atoms with Crippen LogP contribution in [0.5, 0.6) is 0 Å². The number of rotatable bonds is 5. The first kappa shape index (κ1) is 11.9. The summed E-state index contributed by atoms with van der Waals surface area (Å²) in [4.78, 5) is 0. The van der Waals surface area contributed by atoms with Crippen LogP contribution in [0.4, 0.5) is 0 Å². The minimum atomic E-state index is 0.659. The third-order valence-corrected chi connectivity index (χ3v) is 3.80. The number of hydrogen-bond acceptors (Lipinski definition) is 1. The van der Waals surface area contributed by atoms with Crippen LogP contribution in [0.25, 0.3) is 0 Å². The van der Waals surface area contributed by atoms with Gasteiger partial charge in [-0.05, 0) is 24.5 Å². The molecule has 0 aliphatic heterocycles. The van der Waals surface area contributed by atoms with Gasteiger partial charge in [-0.3, -0.25) is 0 Å². The highest BCUT2D eigenvalue weighted by Crippen LogP contribution is 2.21. The van der Waals surface area contributed by atoms with E-state index in [1.54, 1.807) is 0 Å². The van der Waals surface area contributed by atoms with E-state index >= 15 is 0 Å². The maximum absolute atomic E-state index is 5.70. The smallest absolute Gasteiger partial charge is 0.0233 e. The average Bonchev–Trinajstić information content (AvgIpc) is 2.17. The van der Waals surface area contributed by atoms with Crippen molar-refractivity contribution in [2.75, 3.05) is 5.88 Å². The SMILES string of the molecule is Cc1ccccc1CSC(C)CCCl. The first-order valence-corrected chi connectivity index (χ1v) is 6.54. The lowest BCUT2D eigenvalue weighted by Crippen LogP contribution is -1.98. The lowest BCUT2D eigenvalue weighted by molar-refractivity contribution is 0.911. The lowest BCUT2D eigenvalue weighted by Gasteiger charge is -2.10. The van der Waals surface area contributed by atoms with Gasteiger partial charge in [0.1, 0.15) is 0 Å². The molecule has 0 heterocycles. The topological polar surface area (TPSA) is 0 Å². The van der Waals surface area contributed by atoms with Crippen LogP contribution < -0.4 is 0 Å². The Kier molecular flexibility index (Phi) is 5.42. The zero-order valence-electron chi connectivity index (χ0n) is 8.79. The van der Waals surface area contributed by atoms with Crippen LogP contribution in [0.1, 0.15) is 24.5 Å². The Labute approximate surface area is 96.0 Å². The summed E-state index contributed by atoms with van der Waals surface area (Å²) < 4.78 is 0. The largest absolute Gasteiger partial charge is 0.154 e. The summed E-state index contributed by atoms with van der Waals surface area (Å²) >= 11 is 7.68. The molecule has 0 N–H and O–H groups in total. The summed E-state index contributed by atoms with van der Waals surface area (Å²) in [5.74, 6) is 1.87. The average molecular weight is 229 g/mol. The fraction of sp³-hybridized carbons (Fsp3) is 0.500. The van der Waals surface area contributed by atoms with Gasteiger partial charge < -0.3 is 0 Å². The van der Waals surface area contributed by atoms with E-state index in [-0.39, 0.29) is 0 Å². The fourth-order valence-corrected chi connectivity index (χ4v) is 2.77. The van der Waals surface area contributed by atoms with E-state index in [2.05, 4.69) is 38.1 Å². The molecule has 78 valence electrons. The van der Waals surface area contributed by atoms with Gasteiger partial charge in [-0.15, -0.1) is 11.6 Å². The Bertz CT molecular complexity index is 273. The maximum atomic E-state index is 5.70. The van der Waals surface area contributed by atoms with Crippen molar-refractivity contribution < 1.29 is 0 Å². The minimum absolute atomic E-state index is 0.659. The van der Waals surface area contributed by atoms with Crippen molar-refractivity contribution in [1.29, 1.82) is 0 Å². The van der Waals surface area contributed by atoms with Crippen LogP contribution in [-0.2, 0) is 5.75 Å². The second kappa shape index (κ2) is 6.36. The van der Waals surface area contributed by atoms with Gasteiger partial charge in [-0.1, -0.05) is 31.2 Å². The number of aryl methyl sites for hydroxylation is 1. The third kappa shape index (κ3) is 3.93. The van der Waals surface area contributed by atoms with Crippen molar-refractivity contribution in [2.24, 2.45) is 0 Å². The van der Waals surface area contributed by atoms with Gasteiger partial charge in [0.2, 0.25) is 0 Å². The van der Waals surface area contributed by atoms with Gasteiger partial charge in [0.15, 0.2) is 0 Å². The van der Waals surface area contributed by atoms with Crippen molar-refractivity contribution in [1.82, 2.24) is 0 Å². The maximum Gasteiger partial charge on any atom is 0.0233 e. The highest BCUT2D eigenvalue weighted by Gasteiger charge is 2.03. The van der Waals surface area contributed by atoms with Gasteiger partial charge in [0.05, 0.1) is 0 Å². The quantitative estimate of drug-likeness (QED) is 0.680. The third-order valence-electron chi connectivity index (χ3n) is 2.30. The summed E-state index contributed by atoms with van der Waals surface area (Å²) in [6.45, 7) is 4.41. The van der Waals surface area contributed by atoms with E-state index in [1.165, 1.54) is 11.1 Å². The predicted molar refractivity (Wildman–Crippen MR) is 67.3 cm³/mol. The van der Waals surface area contributed by atoms with Crippen molar-refractivity contribution in [3.63, 3.8) is 0 Å². The molecule has 0 amide bonds. The van der Waals surface area contributed by atoms with E-state index in [4.69, 9.17) is 11.6 Å². The lowest BCUT2D eigenvalue weighted by atomic mass is 10.1. The Hall–Kier alpha value is -0.140. The zero-order chi connectivity index (χ0) is 10.4. The van der Waals surface area contributed by atoms with Crippen LogP contribution in [0.15, 0.2) is 24.3 Å². The summed E-state index contributed by atoms with van der Waals surface area (Å²) in [7, 11) is 0. The van der Waals surface area contributed by atoms with E-state index < -0.39 is 0 Å². The molecule has 0 nitrogen and oxygen atoms in total. The molecule has 0 saturated carbocycles. The molecule has 0 radical (unpaired) electrons. The van der Waals surface area contributed by atoms with E-state index in [1.807, 2.05) is 11.8 Å². The Morgan fingerprint density at radius 3 is 2.71 bits per heavy atom. The Morgan fingerprint density at radius 1 is 1.36 bits per heavy atom. The zero-order valence-corrected chi connectivity index (χ0v) is 10.4. The fourth-order valence-electron chi connectivity index (χ4n) is 1.24. The van der Waals surface area contributed by atoms with Gasteiger partial charge >= 0.3 is 0 Å². The second-order valence-electron chi connectivity index (χ2n) is 3.53. The molecule has 1 aromatic carbocycles. The van der Waals surface area contributed by atoms with Gasteiger partial charge in [0.25, 0.3) is 0 Å². The molecule has 0 aliphatic rings. The molecule has 0 bridgehead atoms. The molecule has 1 unspecified atom stereocenters. The number of hydrogen-bond donors (Lipinski definition) is 0. The van der Waals surface area contributed by atoms with Crippen LogP contribution in [0.2, 0.25) is 0 Å². The summed E-state index contributed by atoms with van der Waals surface area (Å²) in [6, 6.07) is 8.57. The molecule has 0 aliphatic carbocycles. The molecule has 1 rings (SSSR count). The van der Waals surface area contributed by atoms with Crippen molar-refractivity contribution >= 4 is 23.4 Å². The van der Waals surface area contributed by atoms with Gasteiger partial charge in [0, 0.05) is 16.9 Å². The molecule has 0 spiro atoms. The van der Waals surface area contributed by atoms with Crippen LogP contribution in [-0.4, -0.2) is 11.1 Å². The second-order valence-corrected chi connectivity index (χ2v) is 5.33. The highest BCUT2D eigenvalue weighted by atomic mass is 35.5. The molecular formula is C12H17ClS. The van der Waals surface area contributed by atoms with Crippen molar-refractivity contribution in [3.8, 4) is 0 Å². The monoisotopic (exact) mass is 228 g/mol. The van der Waals surface area contributed by atoms with Crippen LogP contribution >= 0.6 is 23.4 Å². The summed E-state index contributed by atoms with van der Waals surface area (Å²) in [6.07, 6.45) is 1.10. The number of alkyl halides is 1. The Balaban J connectivity index is 2.41. The minimum Gasteiger partial charge on any atom is -0.154 e. The van der Waals surface area contributed by atoms with Crippen molar-refractivity contribution in [3.05, 3.63) is 35.4 Å². The molecule has 0 aromatic heterocycles. The summed E-state index contributed by atoms with van der Waals surface area (Å²) in [5, 5.41) is 0.659. The molecule has 1 aromatic rings. The number of benzene rings is 1. The molecule has 1 atom stereocenters. The van der Waals surface area contributed by atoms with Crippen molar-refractivity contribution in [2.45, 2.75) is 31.3 Å². The van der Waals surface area contributed by atoms with E-state index in [0.717, 1.165) is 18.1 Å². The molecule has 0 fully saturated rings. The Morgan fingerprint density at radius 2 is 2.07 bits per heavy atom. The van der Waals surface area contributed by atoms with E-state index in [0.29, 0.717) is 5.25 Å². The van der Waals surface area contributed by atoms with Crippen LogP contribution in [0.3, 0.4) is 0 Å². The first-order valence-electron chi connectivity index (χ1n) is 4.96. The molecule has 0 saturated heterocycles. The molecule has 14 heavy (non-hydrogen) atoms. The first-order chi connectivity index (χ1) is 6.74. The normalized spacial score (nSPS) is 12.8. The van der Waals surface area contributed by atoms with Crippen LogP contribution in [0, 0.1) is 6.92 Å². The summed E-state index contributed by atoms with van der Waals surface area (Å²) in [5.41, 5.74) is 2.83.